The number of hydrogen-bond donors (Lipinski definition) is 3. The molecule has 2 atom stereocenters. The highest BCUT2D eigenvalue weighted by Crippen LogP contribution is 2.23. The fraction of sp³-hybridized carbons (Fsp3) is 0.391. The van der Waals surface area contributed by atoms with Crippen molar-refractivity contribution < 1.29 is 14.0 Å². The van der Waals surface area contributed by atoms with Gasteiger partial charge >= 0.3 is 0 Å². The Hall–Kier alpha value is -2.73. The Morgan fingerprint density at radius 2 is 1.93 bits per heavy atom. The van der Waals surface area contributed by atoms with Crippen LogP contribution in [0.3, 0.4) is 0 Å². The number of benzene rings is 2. The van der Waals surface area contributed by atoms with Crippen molar-refractivity contribution in [2.45, 2.75) is 32.7 Å². The van der Waals surface area contributed by atoms with E-state index < -0.39 is 0 Å². The van der Waals surface area contributed by atoms with Crippen molar-refractivity contribution in [2.24, 2.45) is 11.8 Å². The minimum absolute atomic E-state index is 0.0140. The molecule has 3 N–H and O–H groups in total. The molecule has 6 heteroatoms. The summed E-state index contributed by atoms with van der Waals surface area (Å²) in [5, 5.41) is 9.00. The van der Waals surface area contributed by atoms with Crippen molar-refractivity contribution in [1.29, 1.82) is 0 Å². The number of halogens is 1. The maximum absolute atomic E-state index is 13.6. The lowest BCUT2D eigenvalue weighted by atomic mass is 9.85. The van der Waals surface area contributed by atoms with Crippen LogP contribution >= 0.6 is 0 Å². The Morgan fingerprint density at radius 1 is 1.17 bits per heavy atom. The van der Waals surface area contributed by atoms with Crippen molar-refractivity contribution in [3.8, 4) is 0 Å². The number of amides is 2. The molecule has 2 aromatic carbocycles. The first-order chi connectivity index (χ1) is 14.0. The minimum Gasteiger partial charge on any atom is -0.348 e. The van der Waals surface area contributed by atoms with Crippen LogP contribution in [0.1, 0.15) is 42.1 Å². The predicted molar refractivity (Wildman–Crippen MR) is 112 cm³/mol. The number of rotatable bonds is 7. The monoisotopic (exact) mass is 397 g/mol. The van der Waals surface area contributed by atoms with E-state index in [1.165, 1.54) is 6.07 Å². The summed E-state index contributed by atoms with van der Waals surface area (Å²) >= 11 is 0. The summed E-state index contributed by atoms with van der Waals surface area (Å²) in [4.78, 5) is 24.6. The maximum Gasteiger partial charge on any atom is 0.251 e. The molecule has 154 valence electrons. The van der Waals surface area contributed by atoms with Crippen molar-refractivity contribution >= 4 is 17.5 Å². The summed E-state index contributed by atoms with van der Waals surface area (Å²) in [6.07, 6.45) is 2.81. The molecule has 1 saturated heterocycles. The number of anilines is 1. The Kier molecular flexibility index (Phi) is 7.36. The number of carbonyl (C=O) groups is 2. The van der Waals surface area contributed by atoms with E-state index in [0.29, 0.717) is 35.1 Å². The van der Waals surface area contributed by atoms with Crippen LogP contribution in [0.4, 0.5) is 10.1 Å². The number of hydrogen-bond acceptors (Lipinski definition) is 3. The lowest BCUT2D eigenvalue weighted by Gasteiger charge is -2.28. The van der Waals surface area contributed by atoms with Gasteiger partial charge in [-0.3, -0.25) is 9.59 Å². The standard InChI is InChI=1S/C23H28FN3O2/c1-16(18-6-4-12-25-14-18)13-22(28)27-20-10-8-17(9-11-20)23(29)26-15-19-5-2-3-7-21(19)24/h2-3,5,7-11,16,18,25H,4,6,12-15H2,1H3,(H,26,29)(H,27,28). The van der Waals surface area contributed by atoms with E-state index in [9.17, 15) is 14.0 Å². The fourth-order valence-electron chi connectivity index (χ4n) is 3.66. The first kappa shape index (κ1) is 21.0. The lowest BCUT2D eigenvalue weighted by Crippen LogP contribution is -2.34. The zero-order valence-corrected chi connectivity index (χ0v) is 16.7. The van der Waals surface area contributed by atoms with Gasteiger partial charge in [0.05, 0.1) is 0 Å². The van der Waals surface area contributed by atoms with Crippen LogP contribution in [0, 0.1) is 17.7 Å². The predicted octanol–water partition coefficient (Wildman–Crippen LogP) is 3.72. The molecule has 3 rings (SSSR count). The molecule has 1 heterocycles. The second-order valence-corrected chi connectivity index (χ2v) is 7.69. The molecule has 2 amide bonds. The molecule has 2 unspecified atom stereocenters. The molecule has 2 aromatic rings. The van der Waals surface area contributed by atoms with Crippen LogP contribution in [0.5, 0.6) is 0 Å². The van der Waals surface area contributed by atoms with Gasteiger partial charge in [-0.2, -0.15) is 0 Å². The molecular weight excluding hydrogens is 369 g/mol. The average Bonchev–Trinajstić information content (AvgIpc) is 2.74. The van der Waals surface area contributed by atoms with Gasteiger partial charge in [-0.1, -0.05) is 25.1 Å². The molecule has 29 heavy (non-hydrogen) atoms. The van der Waals surface area contributed by atoms with Gasteiger partial charge in [-0.05, 0) is 68.1 Å². The van der Waals surface area contributed by atoms with Gasteiger partial charge in [0, 0.05) is 29.8 Å². The molecule has 1 fully saturated rings. The SMILES string of the molecule is CC(CC(=O)Nc1ccc(C(=O)NCc2ccccc2F)cc1)C1CCCNC1. The number of nitrogens with one attached hydrogen (secondary N) is 3. The van der Waals surface area contributed by atoms with E-state index in [0.717, 1.165) is 25.9 Å². The third-order valence-corrected chi connectivity index (χ3v) is 5.48. The van der Waals surface area contributed by atoms with E-state index in [1.807, 2.05) is 0 Å². The van der Waals surface area contributed by atoms with Crippen LogP contribution < -0.4 is 16.0 Å². The van der Waals surface area contributed by atoms with Gasteiger partial charge in [-0.15, -0.1) is 0 Å². The molecule has 1 aliphatic rings. The minimum atomic E-state index is -0.343. The van der Waals surface area contributed by atoms with Gasteiger partial charge in [0.25, 0.3) is 5.91 Å². The summed E-state index contributed by atoms with van der Waals surface area (Å²) in [6.45, 7) is 4.29. The van der Waals surface area contributed by atoms with Gasteiger partial charge < -0.3 is 16.0 Å². The Morgan fingerprint density at radius 3 is 2.62 bits per heavy atom. The molecule has 0 aromatic heterocycles. The van der Waals surface area contributed by atoms with Crippen LogP contribution in [0.15, 0.2) is 48.5 Å². The zero-order chi connectivity index (χ0) is 20.6. The molecule has 1 aliphatic heterocycles. The number of piperidine rings is 1. The van der Waals surface area contributed by atoms with E-state index in [-0.39, 0.29) is 24.2 Å². The van der Waals surface area contributed by atoms with E-state index in [4.69, 9.17) is 0 Å². The highest BCUT2D eigenvalue weighted by molar-refractivity contribution is 5.95. The second kappa shape index (κ2) is 10.2. The molecular formula is C23H28FN3O2. The molecule has 0 spiro atoms. The summed E-state index contributed by atoms with van der Waals surface area (Å²) in [5.74, 6) is 0.217. The van der Waals surface area contributed by atoms with Crippen LogP contribution in [0.25, 0.3) is 0 Å². The summed E-state index contributed by atoms with van der Waals surface area (Å²) in [5.41, 5.74) is 1.56. The summed E-state index contributed by atoms with van der Waals surface area (Å²) in [6, 6.07) is 13.1. The highest BCUT2D eigenvalue weighted by atomic mass is 19.1. The zero-order valence-electron chi connectivity index (χ0n) is 16.7. The maximum atomic E-state index is 13.6. The van der Waals surface area contributed by atoms with Crippen molar-refractivity contribution in [3.63, 3.8) is 0 Å². The van der Waals surface area contributed by atoms with Gasteiger partial charge in [0.2, 0.25) is 5.91 Å². The Bertz CT molecular complexity index is 832. The smallest absolute Gasteiger partial charge is 0.251 e. The van der Waals surface area contributed by atoms with E-state index in [2.05, 4.69) is 22.9 Å². The third-order valence-electron chi connectivity index (χ3n) is 5.48. The molecule has 0 aliphatic carbocycles. The Balaban J connectivity index is 1.48. The van der Waals surface area contributed by atoms with Crippen molar-refractivity contribution in [1.82, 2.24) is 10.6 Å². The lowest BCUT2D eigenvalue weighted by molar-refractivity contribution is -0.117. The fourth-order valence-corrected chi connectivity index (χ4v) is 3.66. The third kappa shape index (κ3) is 6.12. The first-order valence-corrected chi connectivity index (χ1v) is 10.1. The van der Waals surface area contributed by atoms with Crippen LogP contribution in [0.2, 0.25) is 0 Å². The molecule has 0 saturated carbocycles. The molecule has 5 nitrogen and oxygen atoms in total. The highest BCUT2D eigenvalue weighted by Gasteiger charge is 2.22. The molecule has 0 radical (unpaired) electrons. The average molecular weight is 397 g/mol. The van der Waals surface area contributed by atoms with E-state index in [1.54, 1.807) is 42.5 Å². The van der Waals surface area contributed by atoms with Crippen LogP contribution in [-0.4, -0.2) is 24.9 Å². The number of carbonyl (C=O) groups excluding carboxylic acids is 2. The van der Waals surface area contributed by atoms with Gasteiger partial charge in [-0.25, -0.2) is 4.39 Å². The summed E-state index contributed by atoms with van der Waals surface area (Å²) in [7, 11) is 0. The van der Waals surface area contributed by atoms with Crippen molar-refractivity contribution in [2.75, 3.05) is 18.4 Å². The molecule has 0 bridgehead atoms. The quantitative estimate of drug-likeness (QED) is 0.667. The van der Waals surface area contributed by atoms with Crippen LogP contribution in [-0.2, 0) is 11.3 Å². The van der Waals surface area contributed by atoms with Gasteiger partial charge in [0.15, 0.2) is 0 Å². The van der Waals surface area contributed by atoms with Crippen molar-refractivity contribution in [3.05, 3.63) is 65.5 Å². The first-order valence-electron chi connectivity index (χ1n) is 10.1. The Labute approximate surface area is 171 Å². The van der Waals surface area contributed by atoms with E-state index >= 15 is 0 Å². The van der Waals surface area contributed by atoms with Gasteiger partial charge in [0.1, 0.15) is 5.82 Å². The largest absolute Gasteiger partial charge is 0.348 e. The topological polar surface area (TPSA) is 70.2 Å². The second-order valence-electron chi connectivity index (χ2n) is 7.69. The normalized spacial score (nSPS) is 17.4. The summed E-state index contributed by atoms with van der Waals surface area (Å²) < 4.78 is 13.6.